The lowest BCUT2D eigenvalue weighted by atomic mass is 9.85. The third-order valence-corrected chi connectivity index (χ3v) is 4.60. The second-order valence-electron chi connectivity index (χ2n) is 5.81. The van der Waals surface area contributed by atoms with Crippen LogP contribution in [0.15, 0.2) is 0 Å². The van der Waals surface area contributed by atoms with Crippen molar-refractivity contribution in [2.75, 3.05) is 39.2 Å². The van der Waals surface area contributed by atoms with Crippen molar-refractivity contribution in [1.29, 1.82) is 0 Å². The Kier molecular flexibility index (Phi) is 5.62. The molecule has 2 atom stereocenters. The van der Waals surface area contributed by atoms with Crippen LogP contribution < -0.4 is 5.32 Å². The van der Waals surface area contributed by atoms with Crippen molar-refractivity contribution in [3.05, 3.63) is 0 Å². The van der Waals surface area contributed by atoms with E-state index in [9.17, 15) is 0 Å². The Morgan fingerprint density at radius 3 is 2.69 bits per heavy atom. The number of thioether (sulfide) groups is 1. The zero-order chi connectivity index (χ0) is 12.2. The molecule has 1 fully saturated rings. The van der Waals surface area contributed by atoms with Gasteiger partial charge in [-0.05, 0) is 44.5 Å². The second-order valence-corrected chi connectivity index (χ2v) is 6.79. The first kappa shape index (κ1) is 14.3. The molecule has 3 heteroatoms. The molecule has 2 nitrogen and oxygen atoms in total. The molecule has 0 aliphatic heterocycles. The van der Waals surface area contributed by atoms with Crippen molar-refractivity contribution in [2.45, 2.75) is 32.7 Å². The van der Waals surface area contributed by atoms with Crippen molar-refractivity contribution in [2.24, 2.45) is 11.3 Å². The van der Waals surface area contributed by atoms with Gasteiger partial charge in [-0.1, -0.05) is 13.8 Å². The summed E-state index contributed by atoms with van der Waals surface area (Å²) in [4.78, 5) is 2.49. The fourth-order valence-electron chi connectivity index (χ4n) is 3.08. The van der Waals surface area contributed by atoms with Crippen LogP contribution in [-0.2, 0) is 0 Å². The topological polar surface area (TPSA) is 15.3 Å². The Morgan fingerprint density at radius 1 is 1.44 bits per heavy atom. The zero-order valence-corrected chi connectivity index (χ0v) is 12.4. The van der Waals surface area contributed by atoms with Crippen LogP contribution in [0.2, 0.25) is 0 Å². The number of hydrogen-bond donors (Lipinski definition) is 1. The third kappa shape index (κ3) is 3.64. The molecule has 0 aromatic rings. The Hall–Kier alpha value is 0.270. The van der Waals surface area contributed by atoms with E-state index in [1.165, 1.54) is 31.7 Å². The first-order valence-electron chi connectivity index (χ1n) is 6.36. The Bertz CT molecular complexity index is 206. The van der Waals surface area contributed by atoms with E-state index in [1.807, 2.05) is 11.8 Å². The molecular weight excluding hydrogens is 216 g/mol. The van der Waals surface area contributed by atoms with Crippen LogP contribution in [0.1, 0.15) is 26.7 Å². The maximum atomic E-state index is 3.53. The minimum Gasteiger partial charge on any atom is -0.316 e. The highest BCUT2D eigenvalue weighted by Crippen LogP contribution is 2.41. The van der Waals surface area contributed by atoms with Gasteiger partial charge in [-0.2, -0.15) is 11.8 Å². The number of nitrogens with one attached hydrogen (secondary N) is 1. The number of nitrogens with zero attached hydrogens (tertiary/aromatic N) is 1. The van der Waals surface area contributed by atoms with Crippen LogP contribution >= 0.6 is 11.8 Å². The van der Waals surface area contributed by atoms with Gasteiger partial charge in [0, 0.05) is 24.9 Å². The molecule has 0 aromatic heterocycles. The molecule has 1 aliphatic carbocycles. The second kappa shape index (κ2) is 6.27. The van der Waals surface area contributed by atoms with Gasteiger partial charge in [0.15, 0.2) is 0 Å². The Morgan fingerprint density at radius 2 is 2.12 bits per heavy atom. The summed E-state index contributed by atoms with van der Waals surface area (Å²) < 4.78 is 0. The summed E-state index contributed by atoms with van der Waals surface area (Å²) in [6.45, 7) is 7.26. The number of rotatable bonds is 6. The quantitative estimate of drug-likeness (QED) is 0.772. The van der Waals surface area contributed by atoms with Gasteiger partial charge >= 0.3 is 0 Å². The van der Waals surface area contributed by atoms with Crippen LogP contribution in [0, 0.1) is 11.3 Å². The van der Waals surface area contributed by atoms with E-state index in [4.69, 9.17) is 0 Å². The van der Waals surface area contributed by atoms with Gasteiger partial charge in [0.25, 0.3) is 0 Å². The highest BCUT2D eigenvalue weighted by atomic mass is 32.2. The molecule has 16 heavy (non-hydrogen) atoms. The Balaban J connectivity index is 2.42. The zero-order valence-electron chi connectivity index (χ0n) is 11.5. The van der Waals surface area contributed by atoms with E-state index in [2.05, 4.69) is 44.4 Å². The van der Waals surface area contributed by atoms with E-state index in [1.54, 1.807) is 0 Å². The normalized spacial score (nSPS) is 28.9. The van der Waals surface area contributed by atoms with Gasteiger partial charge in [0.2, 0.25) is 0 Å². The molecule has 1 rings (SSSR count). The van der Waals surface area contributed by atoms with Crippen molar-refractivity contribution in [3.63, 3.8) is 0 Å². The summed E-state index contributed by atoms with van der Waals surface area (Å²) in [6.07, 6.45) is 4.92. The molecule has 0 saturated heterocycles. The number of hydrogen-bond acceptors (Lipinski definition) is 3. The minimum atomic E-state index is 0.472. The molecule has 1 aliphatic rings. The third-order valence-electron chi connectivity index (χ3n) is 4.01. The monoisotopic (exact) mass is 244 g/mol. The lowest BCUT2D eigenvalue weighted by Crippen LogP contribution is -2.43. The van der Waals surface area contributed by atoms with Crippen LogP contribution in [-0.4, -0.2) is 50.1 Å². The molecule has 0 radical (unpaired) electrons. The van der Waals surface area contributed by atoms with Gasteiger partial charge in [0.1, 0.15) is 0 Å². The largest absolute Gasteiger partial charge is 0.316 e. The standard InChI is InChI=1S/C13H28N2S/c1-13(2)7-6-11(12(13)14-3)10-15(4)8-9-16-5/h11-12,14H,6-10H2,1-5H3. The fourth-order valence-corrected chi connectivity index (χ4v) is 3.57. The molecular formula is C13H28N2S. The lowest BCUT2D eigenvalue weighted by molar-refractivity contribution is 0.216. The maximum Gasteiger partial charge on any atom is 0.0156 e. The first-order chi connectivity index (χ1) is 7.51. The van der Waals surface area contributed by atoms with Crippen LogP contribution in [0.4, 0.5) is 0 Å². The minimum absolute atomic E-state index is 0.472. The highest BCUT2D eigenvalue weighted by molar-refractivity contribution is 7.98. The highest BCUT2D eigenvalue weighted by Gasteiger charge is 2.40. The van der Waals surface area contributed by atoms with E-state index >= 15 is 0 Å². The van der Waals surface area contributed by atoms with Crippen molar-refractivity contribution in [1.82, 2.24) is 10.2 Å². The smallest absolute Gasteiger partial charge is 0.0156 e. The molecule has 96 valence electrons. The summed E-state index contributed by atoms with van der Waals surface area (Å²) in [7, 11) is 4.38. The average molecular weight is 244 g/mol. The van der Waals surface area contributed by atoms with Crippen LogP contribution in [0.5, 0.6) is 0 Å². The molecule has 1 saturated carbocycles. The fraction of sp³-hybridized carbons (Fsp3) is 1.00. The predicted molar refractivity (Wildman–Crippen MR) is 75.2 cm³/mol. The summed E-state index contributed by atoms with van der Waals surface area (Å²) in [5.41, 5.74) is 0.472. The van der Waals surface area contributed by atoms with Gasteiger partial charge in [-0.15, -0.1) is 0 Å². The molecule has 0 aromatic carbocycles. The van der Waals surface area contributed by atoms with E-state index in [0.29, 0.717) is 11.5 Å². The maximum absolute atomic E-state index is 3.53. The molecule has 0 spiro atoms. The Labute approximate surface area is 106 Å². The van der Waals surface area contributed by atoms with Gasteiger partial charge in [-0.25, -0.2) is 0 Å². The molecule has 0 bridgehead atoms. The van der Waals surface area contributed by atoms with Gasteiger partial charge < -0.3 is 10.2 Å². The van der Waals surface area contributed by atoms with Crippen molar-refractivity contribution >= 4 is 11.8 Å². The summed E-state index contributed by atoms with van der Waals surface area (Å²) in [5, 5.41) is 3.53. The van der Waals surface area contributed by atoms with E-state index < -0.39 is 0 Å². The van der Waals surface area contributed by atoms with Gasteiger partial charge in [-0.3, -0.25) is 0 Å². The lowest BCUT2D eigenvalue weighted by Gasteiger charge is -2.32. The van der Waals surface area contributed by atoms with Crippen molar-refractivity contribution < 1.29 is 0 Å². The van der Waals surface area contributed by atoms with Crippen LogP contribution in [0.3, 0.4) is 0 Å². The van der Waals surface area contributed by atoms with E-state index in [-0.39, 0.29) is 0 Å². The van der Waals surface area contributed by atoms with Gasteiger partial charge in [0.05, 0.1) is 0 Å². The first-order valence-corrected chi connectivity index (χ1v) is 7.75. The van der Waals surface area contributed by atoms with Crippen LogP contribution in [0.25, 0.3) is 0 Å². The molecule has 0 heterocycles. The SMILES string of the molecule is CNC1C(CN(C)CCSC)CCC1(C)C. The summed E-state index contributed by atoms with van der Waals surface area (Å²) in [6, 6.07) is 0.684. The summed E-state index contributed by atoms with van der Waals surface area (Å²) >= 11 is 1.94. The molecule has 0 amide bonds. The van der Waals surface area contributed by atoms with E-state index in [0.717, 1.165) is 5.92 Å². The summed E-state index contributed by atoms with van der Waals surface area (Å²) in [5.74, 6) is 2.07. The molecule has 2 unspecified atom stereocenters. The predicted octanol–water partition coefficient (Wildman–Crippen LogP) is 2.31. The van der Waals surface area contributed by atoms with Crippen molar-refractivity contribution in [3.8, 4) is 0 Å². The molecule has 1 N–H and O–H groups in total. The average Bonchev–Trinajstić information content (AvgIpc) is 2.50.